The number of carboxylic acid groups (broad SMARTS) is 1. The molecule has 1 N–H and O–H groups in total. The number of nitrogens with zero attached hydrogens (tertiary/aromatic N) is 3. The van der Waals surface area contributed by atoms with Gasteiger partial charge >= 0.3 is 12.1 Å². The number of ether oxygens (including phenoxy) is 1. The molecule has 7 nitrogen and oxygen atoms in total. The highest BCUT2D eigenvalue weighted by atomic mass is 16.6. The van der Waals surface area contributed by atoms with E-state index in [2.05, 4.69) is 10.2 Å². The molecule has 1 aliphatic carbocycles. The molecule has 0 spiro atoms. The number of amides is 1. The van der Waals surface area contributed by atoms with Crippen LogP contribution < -0.4 is 4.90 Å². The smallest absolute Gasteiger partial charge is 0.416 e. The van der Waals surface area contributed by atoms with Crippen LogP contribution in [0, 0.1) is 5.41 Å². The minimum Gasteiger partial charge on any atom is -0.478 e. The largest absolute Gasteiger partial charge is 0.478 e. The molecule has 1 atom stereocenters. The number of aromatic carboxylic acids is 1. The minimum absolute atomic E-state index is 0.0276. The fourth-order valence-electron chi connectivity index (χ4n) is 2.22. The van der Waals surface area contributed by atoms with Crippen LogP contribution in [0.25, 0.3) is 0 Å². The van der Waals surface area contributed by atoms with Gasteiger partial charge in [-0.1, -0.05) is 13.8 Å². The van der Waals surface area contributed by atoms with Crippen molar-refractivity contribution < 1.29 is 19.4 Å². The normalized spacial score (nSPS) is 19.4. The number of hydrogen-bond donors (Lipinski definition) is 1. The molecule has 1 aromatic heterocycles. The molecule has 1 aliphatic rings. The second-order valence-corrected chi connectivity index (χ2v) is 7.13. The number of aromatic nitrogens is 2. The summed E-state index contributed by atoms with van der Waals surface area (Å²) in [4.78, 5) is 25.3. The van der Waals surface area contributed by atoms with Crippen molar-refractivity contribution in [3.63, 3.8) is 0 Å². The van der Waals surface area contributed by atoms with Crippen molar-refractivity contribution in [2.24, 2.45) is 5.41 Å². The van der Waals surface area contributed by atoms with E-state index >= 15 is 0 Å². The molecule has 7 heteroatoms. The van der Waals surface area contributed by atoms with Crippen LogP contribution in [0.3, 0.4) is 0 Å². The van der Waals surface area contributed by atoms with Gasteiger partial charge < -0.3 is 9.84 Å². The first kappa shape index (κ1) is 16.2. The molecule has 1 heterocycles. The zero-order valence-electron chi connectivity index (χ0n) is 13.5. The Morgan fingerprint density at radius 2 is 2.00 bits per heavy atom. The number of carbonyl (C=O) groups excluding carboxylic acids is 1. The van der Waals surface area contributed by atoms with Crippen LogP contribution in [0.2, 0.25) is 0 Å². The van der Waals surface area contributed by atoms with E-state index in [1.807, 2.05) is 13.8 Å². The Hall–Kier alpha value is -2.18. The summed E-state index contributed by atoms with van der Waals surface area (Å²) in [6.07, 6.45) is 1.44. The maximum Gasteiger partial charge on any atom is 0.416 e. The lowest BCUT2D eigenvalue weighted by Gasteiger charge is -2.28. The molecule has 0 saturated heterocycles. The Bertz CT molecular complexity index is 607. The van der Waals surface area contributed by atoms with Gasteiger partial charge in [-0.25, -0.2) is 9.59 Å². The lowest BCUT2D eigenvalue weighted by atomic mass is 10.1. The average Bonchev–Trinajstić information content (AvgIpc) is 2.96. The lowest BCUT2D eigenvalue weighted by molar-refractivity contribution is 0.0571. The first-order chi connectivity index (χ1) is 10.0. The van der Waals surface area contributed by atoms with Gasteiger partial charge in [0.2, 0.25) is 0 Å². The third kappa shape index (κ3) is 3.35. The molecule has 1 saturated carbocycles. The highest BCUT2D eigenvalue weighted by Gasteiger charge is 2.53. The molecule has 22 heavy (non-hydrogen) atoms. The fraction of sp³-hybridized carbons (Fsp3) is 0.600. The van der Waals surface area contributed by atoms with Gasteiger partial charge in [0.05, 0.1) is 6.20 Å². The summed E-state index contributed by atoms with van der Waals surface area (Å²) in [5, 5.41) is 16.9. The Morgan fingerprint density at radius 3 is 2.45 bits per heavy atom. The molecular formula is C15H21N3O4. The summed E-state index contributed by atoms with van der Waals surface area (Å²) >= 11 is 0. The third-order valence-electron chi connectivity index (χ3n) is 3.52. The number of anilines is 1. The van der Waals surface area contributed by atoms with Gasteiger partial charge in [-0.3, -0.25) is 4.90 Å². The third-order valence-corrected chi connectivity index (χ3v) is 3.52. The molecule has 1 fully saturated rings. The summed E-state index contributed by atoms with van der Waals surface area (Å²) in [5.74, 6) is -1.13. The molecule has 0 aliphatic heterocycles. The molecular weight excluding hydrogens is 286 g/mol. The predicted octanol–water partition coefficient (Wildman–Crippen LogP) is 2.71. The summed E-state index contributed by atoms with van der Waals surface area (Å²) in [6, 6.07) is 1.18. The van der Waals surface area contributed by atoms with Crippen LogP contribution >= 0.6 is 0 Å². The van der Waals surface area contributed by atoms with E-state index < -0.39 is 17.7 Å². The molecule has 2 rings (SSSR count). The van der Waals surface area contributed by atoms with Crippen molar-refractivity contribution in [2.75, 3.05) is 4.90 Å². The van der Waals surface area contributed by atoms with Gasteiger partial charge in [0.1, 0.15) is 11.2 Å². The number of carbonyl (C=O) groups is 2. The van der Waals surface area contributed by atoms with Crippen molar-refractivity contribution in [3.8, 4) is 0 Å². The van der Waals surface area contributed by atoms with E-state index in [0.29, 0.717) is 0 Å². The Labute approximate surface area is 129 Å². The van der Waals surface area contributed by atoms with Gasteiger partial charge in [-0.05, 0) is 38.7 Å². The summed E-state index contributed by atoms with van der Waals surface area (Å²) < 4.78 is 5.41. The molecule has 0 aromatic carbocycles. The second-order valence-electron chi connectivity index (χ2n) is 7.13. The van der Waals surface area contributed by atoms with Crippen LogP contribution in [0.15, 0.2) is 12.3 Å². The number of rotatable bonds is 3. The first-order valence-corrected chi connectivity index (χ1v) is 7.10. The zero-order chi connectivity index (χ0) is 16.7. The van der Waals surface area contributed by atoms with Crippen molar-refractivity contribution in [3.05, 3.63) is 17.8 Å². The Kier molecular flexibility index (Phi) is 3.85. The Balaban J connectivity index is 2.42. The highest BCUT2D eigenvalue weighted by molar-refractivity contribution is 5.99. The number of hydrogen-bond acceptors (Lipinski definition) is 5. The van der Waals surface area contributed by atoms with Crippen molar-refractivity contribution >= 4 is 17.9 Å². The maximum absolute atomic E-state index is 12.5. The zero-order valence-corrected chi connectivity index (χ0v) is 13.5. The molecule has 0 radical (unpaired) electrons. The summed E-state index contributed by atoms with van der Waals surface area (Å²) in [6.45, 7) is 9.29. The molecule has 1 aromatic rings. The SMILES string of the molecule is CC(C)(C)OC(=O)N(c1nnccc1C(=O)O)C1CC1(C)C. The van der Waals surface area contributed by atoms with Crippen molar-refractivity contribution in [2.45, 2.75) is 52.7 Å². The topological polar surface area (TPSA) is 92.6 Å². The van der Waals surface area contributed by atoms with Crippen molar-refractivity contribution in [1.82, 2.24) is 10.2 Å². The minimum atomic E-state index is -1.16. The van der Waals surface area contributed by atoms with E-state index in [1.165, 1.54) is 17.2 Å². The van der Waals surface area contributed by atoms with E-state index in [-0.39, 0.29) is 22.8 Å². The van der Waals surface area contributed by atoms with Gasteiger partial charge in [0.15, 0.2) is 5.82 Å². The Morgan fingerprint density at radius 1 is 1.41 bits per heavy atom. The van der Waals surface area contributed by atoms with Crippen molar-refractivity contribution in [1.29, 1.82) is 0 Å². The van der Waals surface area contributed by atoms with E-state index in [0.717, 1.165) is 6.42 Å². The van der Waals surface area contributed by atoms with E-state index in [9.17, 15) is 14.7 Å². The van der Waals surface area contributed by atoms with Crippen LogP contribution in [-0.2, 0) is 4.74 Å². The van der Waals surface area contributed by atoms with E-state index in [4.69, 9.17) is 4.74 Å². The molecule has 1 unspecified atom stereocenters. The van der Waals surface area contributed by atoms with Crippen LogP contribution in [0.4, 0.5) is 10.6 Å². The maximum atomic E-state index is 12.5. The standard InChI is InChI=1S/C15H21N3O4/c1-14(2,3)22-13(21)18(10-8-15(10,4)5)11-9(12(19)20)6-7-16-17-11/h6-7,10H,8H2,1-5H3,(H,19,20). The van der Waals surface area contributed by atoms with Gasteiger partial charge in [-0.15, -0.1) is 5.10 Å². The summed E-state index contributed by atoms with van der Waals surface area (Å²) in [7, 11) is 0. The number of carboxylic acids is 1. The summed E-state index contributed by atoms with van der Waals surface area (Å²) in [5.41, 5.74) is -0.854. The highest BCUT2D eigenvalue weighted by Crippen LogP contribution is 2.50. The van der Waals surface area contributed by atoms with E-state index in [1.54, 1.807) is 20.8 Å². The van der Waals surface area contributed by atoms with Gasteiger partial charge in [-0.2, -0.15) is 5.10 Å². The lowest BCUT2D eigenvalue weighted by Crippen LogP contribution is -2.41. The quantitative estimate of drug-likeness (QED) is 0.923. The van der Waals surface area contributed by atoms with Crippen LogP contribution in [0.5, 0.6) is 0 Å². The first-order valence-electron chi connectivity index (χ1n) is 7.10. The molecule has 0 bridgehead atoms. The van der Waals surface area contributed by atoms with Gasteiger partial charge in [0.25, 0.3) is 0 Å². The fourth-order valence-corrected chi connectivity index (χ4v) is 2.22. The van der Waals surface area contributed by atoms with Crippen LogP contribution in [-0.4, -0.2) is 39.0 Å². The van der Waals surface area contributed by atoms with Gasteiger partial charge in [0, 0.05) is 6.04 Å². The van der Waals surface area contributed by atoms with Crippen LogP contribution in [0.1, 0.15) is 51.4 Å². The second kappa shape index (κ2) is 5.23. The monoisotopic (exact) mass is 307 g/mol. The molecule has 1 amide bonds. The predicted molar refractivity (Wildman–Crippen MR) is 79.9 cm³/mol. The average molecular weight is 307 g/mol. The molecule has 120 valence electrons.